The normalized spacial score (nSPS) is 18.0. The van der Waals surface area contributed by atoms with Gasteiger partial charge in [0, 0.05) is 36.9 Å². The van der Waals surface area contributed by atoms with Gasteiger partial charge in [0.2, 0.25) is 0 Å². The Kier molecular flexibility index (Phi) is 8.29. The molecule has 2 unspecified atom stereocenters. The zero-order valence-corrected chi connectivity index (χ0v) is 23.8. The van der Waals surface area contributed by atoms with Crippen molar-refractivity contribution in [1.82, 2.24) is 9.97 Å². The Morgan fingerprint density at radius 2 is 2.00 bits per heavy atom. The first-order valence-corrected chi connectivity index (χ1v) is 13.6. The second kappa shape index (κ2) is 11.5. The van der Waals surface area contributed by atoms with E-state index in [2.05, 4.69) is 53.9 Å². The minimum absolute atomic E-state index is 0.332. The number of nitrogens with zero attached hydrogens (tertiary/aromatic N) is 4. The van der Waals surface area contributed by atoms with E-state index in [4.69, 9.17) is 9.47 Å². The summed E-state index contributed by atoms with van der Waals surface area (Å²) < 4.78 is 11.9. The van der Waals surface area contributed by atoms with Gasteiger partial charge in [-0.2, -0.15) is 0 Å². The summed E-state index contributed by atoms with van der Waals surface area (Å²) in [6.07, 6.45) is 5.99. The summed E-state index contributed by atoms with van der Waals surface area (Å²) in [7, 11) is 5.67. The monoisotopic (exact) mass is 519 g/mol. The number of benzene rings is 2. The van der Waals surface area contributed by atoms with Crippen molar-refractivity contribution >= 4 is 39.9 Å². The lowest BCUT2D eigenvalue weighted by Gasteiger charge is -2.28. The van der Waals surface area contributed by atoms with E-state index in [1.807, 2.05) is 38.4 Å². The van der Waals surface area contributed by atoms with Crippen LogP contribution in [-0.2, 0) is 4.74 Å². The Bertz CT molecular complexity index is 1290. The maximum Gasteiger partial charge on any atom is 0.415 e. The lowest BCUT2D eigenvalue weighted by atomic mass is 9.88. The Hall–Kier alpha value is -3.55. The van der Waals surface area contributed by atoms with Crippen LogP contribution >= 0.6 is 0 Å². The highest BCUT2D eigenvalue weighted by Gasteiger charge is 2.45. The molecule has 1 aromatic heterocycles. The zero-order chi connectivity index (χ0) is 27.4. The Morgan fingerprint density at radius 3 is 2.68 bits per heavy atom. The van der Waals surface area contributed by atoms with E-state index in [0.29, 0.717) is 29.7 Å². The Morgan fingerprint density at radius 1 is 1.21 bits per heavy atom. The van der Waals surface area contributed by atoms with E-state index in [1.165, 1.54) is 0 Å². The van der Waals surface area contributed by atoms with Gasteiger partial charge >= 0.3 is 6.09 Å². The third-order valence-corrected chi connectivity index (χ3v) is 7.73. The maximum absolute atomic E-state index is 13.3. The summed E-state index contributed by atoms with van der Waals surface area (Å²) in [5.74, 6) is 1.84. The van der Waals surface area contributed by atoms with Gasteiger partial charge in [-0.25, -0.2) is 14.8 Å². The predicted molar refractivity (Wildman–Crippen MR) is 155 cm³/mol. The topological polar surface area (TPSA) is 79.8 Å². The van der Waals surface area contributed by atoms with Gasteiger partial charge < -0.3 is 19.7 Å². The minimum atomic E-state index is -0.493. The average molecular weight is 520 g/mol. The summed E-state index contributed by atoms with van der Waals surface area (Å²) in [5, 5.41) is 4.30. The molecule has 1 amide bonds. The van der Waals surface area contributed by atoms with Gasteiger partial charge in [-0.1, -0.05) is 39.7 Å². The molecule has 0 aliphatic carbocycles. The minimum Gasteiger partial charge on any atom is -0.494 e. The molecule has 1 aliphatic rings. The number of hydrogen-bond donors (Lipinski definition) is 1. The standard InChI is InChI=1S/C30H41N5O3/c1-8-14-30(15-13-20(3)9-2)18-35(29(36)38-30)26-16-22-24(17-27(26)37-7)31-19-32-28(22)33-23-11-10-12-25(21(23)4)34(5)6/h10-12,16-17,19-20H,8-9,13-15,18H2,1-7H3,(H,31,32,33). The Balaban J connectivity index is 1.73. The van der Waals surface area contributed by atoms with Crippen molar-refractivity contribution in [3.05, 3.63) is 42.2 Å². The number of rotatable bonds is 11. The number of carbonyl (C=O) groups is 1. The number of hydrogen-bond acceptors (Lipinski definition) is 7. The Labute approximate surface area is 226 Å². The number of cyclic esters (lactones) is 1. The summed E-state index contributed by atoms with van der Waals surface area (Å²) in [6, 6.07) is 9.96. The SMILES string of the molecule is CCCC1(CCC(C)CC)CN(c2cc3c(Nc4cccc(N(C)C)c4C)ncnc3cc2OC)C(=O)O1. The van der Waals surface area contributed by atoms with Crippen molar-refractivity contribution in [3.8, 4) is 5.75 Å². The van der Waals surface area contributed by atoms with Gasteiger partial charge in [0.15, 0.2) is 0 Å². The van der Waals surface area contributed by atoms with E-state index in [0.717, 1.165) is 59.9 Å². The molecule has 1 fully saturated rings. The van der Waals surface area contributed by atoms with Crippen LogP contribution < -0.4 is 19.9 Å². The van der Waals surface area contributed by atoms with Crippen LogP contribution in [0.5, 0.6) is 5.75 Å². The number of aromatic nitrogens is 2. The highest BCUT2D eigenvalue weighted by atomic mass is 16.6. The van der Waals surface area contributed by atoms with E-state index in [-0.39, 0.29) is 6.09 Å². The first-order valence-electron chi connectivity index (χ1n) is 13.6. The summed E-state index contributed by atoms with van der Waals surface area (Å²) in [4.78, 5) is 26.2. The average Bonchev–Trinajstić information content (AvgIpc) is 3.23. The lowest BCUT2D eigenvalue weighted by Crippen LogP contribution is -2.35. The van der Waals surface area contributed by atoms with Gasteiger partial charge in [0.1, 0.15) is 23.5 Å². The molecule has 1 N–H and O–H groups in total. The van der Waals surface area contributed by atoms with Crippen molar-refractivity contribution in [1.29, 1.82) is 0 Å². The molecular formula is C30H41N5O3. The van der Waals surface area contributed by atoms with Crippen molar-refractivity contribution in [2.45, 2.75) is 65.4 Å². The fraction of sp³-hybridized carbons (Fsp3) is 0.500. The first kappa shape index (κ1) is 27.5. The third-order valence-electron chi connectivity index (χ3n) is 7.73. The lowest BCUT2D eigenvalue weighted by molar-refractivity contribution is 0.0367. The maximum atomic E-state index is 13.3. The van der Waals surface area contributed by atoms with Gasteiger partial charge in [0.25, 0.3) is 0 Å². The molecule has 4 rings (SSSR count). The molecule has 0 saturated carbocycles. The van der Waals surface area contributed by atoms with Crippen LogP contribution in [0, 0.1) is 12.8 Å². The molecule has 0 radical (unpaired) electrons. The third kappa shape index (κ3) is 5.49. The van der Waals surface area contributed by atoms with Crippen molar-refractivity contribution in [3.63, 3.8) is 0 Å². The zero-order valence-electron chi connectivity index (χ0n) is 23.8. The fourth-order valence-corrected chi connectivity index (χ4v) is 5.28. The van der Waals surface area contributed by atoms with E-state index >= 15 is 0 Å². The van der Waals surface area contributed by atoms with Crippen LogP contribution in [0.3, 0.4) is 0 Å². The van der Waals surface area contributed by atoms with Crippen molar-refractivity contribution < 1.29 is 14.3 Å². The van der Waals surface area contributed by atoms with Crippen LogP contribution in [0.2, 0.25) is 0 Å². The molecule has 2 heterocycles. The largest absolute Gasteiger partial charge is 0.494 e. The van der Waals surface area contributed by atoms with Gasteiger partial charge in [0.05, 0.1) is 24.9 Å². The van der Waals surface area contributed by atoms with Gasteiger partial charge in [-0.3, -0.25) is 4.90 Å². The first-order chi connectivity index (χ1) is 18.2. The van der Waals surface area contributed by atoms with E-state index < -0.39 is 5.60 Å². The van der Waals surface area contributed by atoms with Crippen LogP contribution in [0.1, 0.15) is 58.4 Å². The highest BCUT2D eigenvalue weighted by molar-refractivity contribution is 6.00. The number of anilines is 4. The molecular weight excluding hydrogens is 478 g/mol. The number of methoxy groups -OCH3 is 1. The molecule has 2 aromatic carbocycles. The summed E-state index contributed by atoms with van der Waals surface area (Å²) in [6.45, 7) is 9.18. The molecule has 2 atom stereocenters. The van der Waals surface area contributed by atoms with E-state index in [9.17, 15) is 4.79 Å². The van der Waals surface area contributed by atoms with Crippen LogP contribution in [0.15, 0.2) is 36.7 Å². The second-order valence-corrected chi connectivity index (χ2v) is 10.7. The summed E-state index contributed by atoms with van der Waals surface area (Å²) >= 11 is 0. The van der Waals surface area contributed by atoms with Gasteiger partial charge in [-0.05, 0) is 55.9 Å². The number of fused-ring (bicyclic) bond motifs is 1. The predicted octanol–water partition coefficient (Wildman–Crippen LogP) is 7.08. The van der Waals surface area contributed by atoms with Crippen molar-refractivity contribution in [2.75, 3.05) is 42.9 Å². The summed E-state index contributed by atoms with van der Waals surface area (Å²) in [5.41, 5.74) is 4.11. The number of nitrogens with one attached hydrogen (secondary N) is 1. The smallest absolute Gasteiger partial charge is 0.415 e. The number of carbonyl (C=O) groups excluding carboxylic acids is 1. The van der Waals surface area contributed by atoms with Crippen molar-refractivity contribution in [2.24, 2.45) is 5.92 Å². The number of ether oxygens (including phenoxy) is 2. The second-order valence-electron chi connectivity index (χ2n) is 10.7. The number of amides is 1. The molecule has 0 bridgehead atoms. The molecule has 3 aromatic rings. The van der Waals surface area contributed by atoms with E-state index in [1.54, 1.807) is 18.3 Å². The molecule has 204 valence electrons. The molecule has 0 spiro atoms. The van der Waals surface area contributed by atoms with Crippen LogP contribution in [0.4, 0.5) is 27.7 Å². The molecule has 1 aliphatic heterocycles. The quantitative estimate of drug-likeness (QED) is 0.290. The molecule has 8 nitrogen and oxygen atoms in total. The van der Waals surface area contributed by atoms with Crippen LogP contribution in [-0.4, -0.2) is 49.4 Å². The molecule has 38 heavy (non-hydrogen) atoms. The fourth-order valence-electron chi connectivity index (χ4n) is 5.28. The molecule has 1 saturated heterocycles. The van der Waals surface area contributed by atoms with Crippen LogP contribution in [0.25, 0.3) is 10.9 Å². The highest BCUT2D eigenvalue weighted by Crippen LogP contribution is 2.42. The molecule has 8 heteroatoms. The van der Waals surface area contributed by atoms with Gasteiger partial charge in [-0.15, -0.1) is 0 Å².